The van der Waals surface area contributed by atoms with Crippen molar-refractivity contribution >= 4 is 11.9 Å². The molecule has 1 aliphatic rings. The maximum absolute atomic E-state index is 12.8. The maximum atomic E-state index is 12.8. The summed E-state index contributed by atoms with van der Waals surface area (Å²) >= 11 is 0. The number of hydrogen-bond donors (Lipinski definition) is 1. The highest BCUT2D eigenvalue weighted by atomic mass is 16.5. The highest BCUT2D eigenvalue weighted by molar-refractivity contribution is 5.95. The van der Waals surface area contributed by atoms with Crippen molar-refractivity contribution in [3.63, 3.8) is 0 Å². The molecule has 1 saturated heterocycles. The quantitative estimate of drug-likeness (QED) is 0.872. The van der Waals surface area contributed by atoms with Gasteiger partial charge in [0.25, 0.3) is 5.91 Å². The van der Waals surface area contributed by atoms with Crippen molar-refractivity contribution in [2.75, 3.05) is 32.6 Å². The molecule has 7 nitrogen and oxygen atoms in total. The van der Waals surface area contributed by atoms with Gasteiger partial charge in [0.2, 0.25) is 5.95 Å². The lowest BCUT2D eigenvalue weighted by Gasteiger charge is -2.32. The molecule has 1 aliphatic heterocycles. The fourth-order valence-electron chi connectivity index (χ4n) is 3.35. The number of methoxy groups -OCH3 is 2. The average molecular weight is 370 g/mol. The number of anilines is 1. The second kappa shape index (κ2) is 8.24. The van der Waals surface area contributed by atoms with Crippen LogP contribution in [0.2, 0.25) is 0 Å². The summed E-state index contributed by atoms with van der Waals surface area (Å²) in [6, 6.07) is 7.49. The number of nitrogens with zero attached hydrogens (tertiary/aromatic N) is 3. The Kier molecular flexibility index (Phi) is 5.78. The summed E-state index contributed by atoms with van der Waals surface area (Å²) in [6.07, 6.45) is 1.71. The fraction of sp³-hybridized carbons (Fsp3) is 0.450. The first-order chi connectivity index (χ1) is 13.0. The first kappa shape index (κ1) is 18.9. The van der Waals surface area contributed by atoms with Gasteiger partial charge in [-0.1, -0.05) is 0 Å². The van der Waals surface area contributed by atoms with Crippen molar-refractivity contribution < 1.29 is 14.3 Å². The second-order valence-electron chi connectivity index (χ2n) is 6.75. The van der Waals surface area contributed by atoms with E-state index >= 15 is 0 Å². The molecule has 2 heterocycles. The van der Waals surface area contributed by atoms with E-state index < -0.39 is 0 Å². The Morgan fingerprint density at radius 3 is 2.26 bits per heavy atom. The maximum Gasteiger partial charge on any atom is 0.253 e. The Morgan fingerprint density at radius 1 is 1.04 bits per heavy atom. The molecule has 1 N–H and O–H groups in total. The first-order valence-corrected chi connectivity index (χ1v) is 9.10. The van der Waals surface area contributed by atoms with E-state index in [1.165, 1.54) is 0 Å². The summed E-state index contributed by atoms with van der Waals surface area (Å²) < 4.78 is 10.5. The van der Waals surface area contributed by atoms with Gasteiger partial charge in [-0.3, -0.25) is 4.79 Å². The third-order valence-corrected chi connectivity index (χ3v) is 4.73. The van der Waals surface area contributed by atoms with Gasteiger partial charge in [0, 0.05) is 36.1 Å². The second-order valence-corrected chi connectivity index (χ2v) is 6.75. The average Bonchev–Trinajstić information content (AvgIpc) is 2.66. The Balaban J connectivity index is 1.61. The lowest BCUT2D eigenvalue weighted by molar-refractivity contribution is 0.0718. The van der Waals surface area contributed by atoms with Gasteiger partial charge in [0.05, 0.1) is 14.2 Å². The van der Waals surface area contributed by atoms with Gasteiger partial charge < -0.3 is 19.7 Å². The molecule has 7 heteroatoms. The molecule has 144 valence electrons. The van der Waals surface area contributed by atoms with E-state index in [0.717, 1.165) is 24.2 Å². The minimum atomic E-state index is 0.0112. The molecule has 0 spiro atoms. The van der Waals surface area contributed by atoms with Crippen molar-refractivity contribution in [2.45, 2.75) is 32.7 Å². The molecule has 1 fully saturated rings. The number of rotatable bonds is 5. The Hall–Kier alpha value is -2.83. The van der Waals surface area contributed by atoms with Crippen LogP contribution in [0.15, 0.2) is 24.3 Å². The zero-order chi connectivity index (χ0) is 19.4. The molecule has 27 heavy (non-hydrogen) atoms. The van der Waals surface area contributed by atoms with E-state index in [9.17, 15) is 4.79 Å². The van der Waals surface area contributed by atoms with Crippen molar-refractivity contribution in [3.8, 4) is 11.5 Å². The van der Waals surface area contributed by atoms with Gasteiger partial charge in [-0.2, -0.15) is 0 Å². The molecule has 1 aromatic heterocycles. The Morgan fingerprint density at radius 2 is 1.67 bits per heavy atom. The number of piperidine rings is 1. The molecule has 1 amide bonds. The number of likely N-dealkylation sites (tertiary alicyclic amines) is 1. The topological polar surface area (TPSA) is 76.6 Å². The summed E-state index contributed by atoms with van der Waals surface area (Å²) in [4.78, 5) is 23.6. The molecular formula is C20H26N4O3. The zero-order valence-corrected chi connectivity index (χ0v) is 16.3. The van der Waals surface area contributed by atoms with Crippen LogP contribution in [0.25, 0.3) is 0 Å². The van der Waals surface area contributed by atoms with Crippen LogP contribution >= 0.6 is 0 Å². The van der Waals surface area contributed by atoms with Gasteiger partial charge in [-0.15, -0.1) is 0 Å². The lowest BCUT2D eigenvalue weighted by atomic mass is 10.0. The van der Waals surface area contributed by atoms with E-state index in [-0.39, 0.29) is 11.9 Å². The zero-order valence-electron chi connectivity index (χ0n) is 16.3. The molecule has 0 atom stereocenters. The van der Waals surface area contributed by atoms with Crippen LogP contribution in [-0.2, 0) is 0 Å². The molecule has 3 rings (SSSR count). The fourth-order valence-corrected chi connectivity index (χ4v) is 3.35. The van der Waals surface area contributed by atoms with Gasteiger partial charge >= 0.3 is 0 Å². The van der Waals surface area contributed by atoms with E-state index in [1.54, 1.807) is 32.4 Å². The van der Waals surface area contributed by atoms with Crippen molar-refractivity contribution in [3.05, 3.63) is 41.2 Å². The van der Waals surface area contributed by atoms with Gasteiger partial charge in [0.1, 0.15) is 0 Å². The number of carbonyl (C=O) groups excluding carboxylic acids is 1. The number of amides is 1. The van der Waals surface area contributed by atoms with Crippen LogP contribution in [0.4, 0.5) is 5.95 Å². The van der Waals surface area contributed by atoms with Crippen molar-refractivity contribution in [1.29, 1.82) is 0 Å². The highest BCUT2D eigenvalue weighted by Gasteiger charge is 2.24. The van der Waals surface area contributed by atoms with Crippen LogP contribution in [0.1, 0.15) is 34.6 Å². The number of aryl methyl sites for hydroxylation is 2. The number of carbonyl (C=O) groups is 1. The highest BCUT2D eigenvalue weighted by Crippen LogP contribution is 2.28. The first-order valence-electron chi connectivity index (χ1n) is 9.10. The van der Waals surface area contributed by atoms with E-state index in [2.05, 4.69) is 15.3 Å². The van der Waals surface area contributed by atoms with Crippen LogP contribution in [0.3, 0.4) is 0 Å². The third-order valence-electron chi connectivity index (χ3n) is 4.73. The summed E-state index contributed by atoms with van der Waals surface area (Å²) in [5, 5.41) is 3.40. The van der Waals surface area contributed by atoms with Crippen LogP contribution in [0.5, 0.6) is 11.5 Å². The summed E-state index contributed by atoms with van der Waals surface area (Å²) in [7, 11) is 3.15. The van der Waals surface area contributed by atoms with Crippen molar-refractivity contribution in [1.82, 2.24) is 14.9 Å². The minimum absolute atomic E-state index is 0.0112. The number of nitrogens with one attached hydrogen (secondary N) is 1. The third kappa shape index (κ3) is 4.48. The Bertz CT molecular complexity index is 797. The number of benzene rings is 1. The minimum Gasteiger partial charge on any atom is -0.493 e. The Labute approximate surface area is 159 Å². The number of aromatic nitrogens is 2. The molecule has 0 bridgehead atoms. The molecule has 2 aromatic rings. The molecule has 0 unspecified atom stereocenters. The molecule has 0 saturated carbocycles. The lowest BCUT2D eigenvalue weighted by Crippen LogP contribution is -2.42. The summed E-state index contributed by atoms with van der Waals surface area (Å²) in [6.45, 7) is 5.31. The molecular weight excluding hydrogens is 344 g/mol. The summed E-state index contributed by atoms with van der Waals surface area (Å²) in [5.74, 6) is 1.85. The van der Waals surface area contributed by atoms with Crippen LogP contribution in [-0.4, -0.2) is 54.1 Å². The van der Waals surface area contributed by atoms with Crippen LogP contribution in [0, 0.1) is 13.8 Å². The van der Waals surface area contributed by atoms with E-state index in [0.29, 0.717) is 36.1 Å². The summed E-state index contributed by atoms with van der Waals surface area (Å²) in [5.41, 5.74) is 2.51. The van der Waals surface area contributed by atoms with Gasteiger partial charge in [0.15, 0.2) is 11.5 Å². The van der Waals surface area contributed by atoms with Crippen LogP contribution < -0.4 is 14.8 Å². The predicted octanol–water partition coefficient (Wildman–Crippen LogP) is 2.83. The number of hydrogen-bond acceptors (Lipinski definition) is 6. The predicted molar refractivity (Wildman–Crippen MR) is 104 cm³/mol. The molecule has 1 aromatic carbocycles. The molecule has 0 radical (unpaired) electrons. The van der Waals surface area contributed by atoms with E-state index in [4.69, 9.17) is 9.47 Å². The largest absolute Gasteiger partial charge is 0.493 e. The van der Waals surface area contributed by atoms with Crippen molar-refractivity contribution in [2.24, 2.45) is 0 Å². The van der Waals surface area contributed by atoms with E-state index in [1.807, 2.05) is 24.8 Å². The standard InChI is InChI=1S/C20H26N4O3/c1-13-11-14(2)22-20(21-13)23-16-7-9-24(10-8-16)19(25)15-5-6-17(26-3)18(12-15)27-4/h5-6,11-12,16H,7-10H2,1-4H3,(H,21,22,23). The smallest absolute Gasteiger partial charge is 0.253 e. The van der Waals surface area contributed by atoms with Gasteiger partial charge in [-0.25, -0.2) is 9.97 Å². The SMILES string of the molecule is COc1ccc(C(=O)N2CCC(Nc3nc(C)cc(C)n3)CC2)cc1OC. The van der Waals surface area contributed by atoms with Gasteiger partial charge in [-0.05, 0) is 51.0 Å². The monoisotopic (exact) mass is 370 g/mol. The number of ether oxygens (including phenoxy) is 2. The molecule has 0 aliphatic carbocycles. The normalized spacial score (nSPS) is 14.7.